The standard InChI is InChI=1S/C15H11N.C5H8O2.C4H10O.3ClH.Ir/c1-2-6-12(7-3-1)15-11-10-13-8-4-5-9-14(13)16-15;1-4(6)3-5(2)7;1-3-4-5-2;;;;/h1-11H;3H2,1-2H3;3-4H2,1-2H3;3*1H;/q;;;;;;+3/p-3. The van der Waals surface area contributed by atoms with Gasteiger partial charge in [0.1, 0.15) is 11.6 Å². The maximum atomic E-state index is 10.0. The van der Waals surface area contributed by atoms with Crippen LogP contribution < -0.4 is 0 Å². The Labute approximate surface area is 208 Å². The number of hydrogen-bond acceptors (Lipinski definition) is 4. The van der Waals surface area contributed by atoms with E-state index < -0.39 is 13.5 Å². The van der Waals surface area contributed by atoms with Gasteiger partial charge in [-0.1, -0.05) is 61.5 Å². The predicted molar refractivity (Wildman–Crippen MR) is 133 cm³/mol. The molecule has 32 heavy (non-hydrogen) atoms. The van der Waals surface area contributed by atoms with E-state index in [4.69, 9.17) is 33.5 Å². The van der Waals surface area contributed by atoms with Crippen LogP contribution in [0, 0.1) is 0 Å². The van der Waals surface area contributed by atoms with Crippen molar-refractivity contribution >= 4 is 51.2 Å². The Balaban J connectivity index is 0.000000502. The molecule has 1 aromatic heterocycles. The van der Waals surface area contributed by atoms with Crippen LogP contribution in [0.5, 0.6) is 0 Å². The van der Waals surface area contributed by atoms with Crippen molar-refractivity contribution in [3.63, 3.8) is 0 Å². The van der Waals surface area contributed by atoms with Crippen molar-refractivity contribution in [2.75, 3.05) is 13.7 Å². The first kappa shape index (κ1) is 30.7. The Morgan fingerprint density at radius 1 is 0.875 bits per heavy atom. The Morgan fingerprint density at radius 2 is 1.41 bits per heavy atom. The summed E-state index contributed by atoms with van der Waals surface area (Å²) in [5.41, 5.74) is 3.23. The third-order valence-electron chi connectivity index (χ3n) is 3.57. The summed E-state index contributed by atoms with van der Waals surface area (Å²) in [4.78, 5) is 24.7. The Morgan fingerprint density at radius 3 is 1.84 bits per heavy atom. The van der Waals surface area contributed by atoms with Crippen LogP contribution in [0.25, 0.3) is 22.2 Å². The van der Waals surface area contributed by atoms with Crippen molar-refractivity contribution < 1.29 is 27.8 Å². The topological polar surface area (TPSA) is 56.3 Å². The van der Waals surface area contributed by atoms with E-state index in [1.54, 1.807) is 7.11 Å². The molecular weight excluding hydrogens is 649 g/mol. The first-order valence-corrected chi connectivity index (χ1v) is 18.6. The molecule has 0 spiro atoms. The van der Waals surface area contributed by atoms with Crippen molar-refractivity contribution in [1.82, 2.24) is 4.98 Å². The number of fused-ring (bicyclic) bond motifs is 1. The number of ketones is 2. The van der Waals surface area contributed by atoms with Crippen molar-refractivity contribution in [2.45, 2.75) is 33.6 Å². The number of carbonyl (C=O) groups excluding carboxylic acids is 2. The van der Waals surface area contributed by atoms with Crippen LogP contribution in [0.1, 0.15) is 33.6 Å². The predicted octanol–water partition coefficient (Wildman–Crippen LogP) is 7.57. The molecule has 0 atom stereocenters. The van der Waals surface area contributed by atoms with Crippen LogP contribution in [0.15, 0.2) is 66.7 Å². The number of carbonyl (C=O) groups is 2. The molecule has 0 saturated heterocycles. The summed E-state index contributed by atoms with van der Waals surface area (Å²) in [6, 6.07) is 22.6. The second kappa shape index (κ2) is 19.2. The zero-order chi connectivity index (χ0) is 24.4. The number of hydrogen-bond donors (Lipinski definition) is 0. The van der Waals surface area contributed by atoms with E-state index in [-0.39, 0.29) is 18.0 Å². The maximum absolute atomic E-state index is 10.0. The van der Waals surface area contributed by atoms with Crippen LogP contribution >= 0.6 is 28.8 Å². The van der Waals surface area contributed by atoms with E-state index in [1.165, 1.54) is 19.2 Å². The fraction of sp³-hybridized carbons (Fsp3) is 0.292. The molecule has 4 nitrogen and oxygen atoms in total. The van der Waals surface area contributed by atoms with Crippen LogP contribution in [0.3, 0.4) is 0 Å². The first-order chi connectivity index (χ1) is 15.2. The molecule has 0 saturated carbocycles. The number of ether oxygens (including phenoxy) is 1. The summed E-state index contributed by atoms with van der Waals surface area (Å²) in [6.45, 7) is 5.78. The molecule has 0 radical (unpaired) electrons. The van der Waals surface area contributed by atoms with Gasteiger partial charge in [-0.2, -0.15) is 0 Å². The molecule has 0 aliphatic heterocycles. The smallest absolute Gasteiger partial charge is 0.0709 e. The molecule has 0 amide bonds. The SMILES string of the molecule is CC(=O)CC(C)=O.CCCOC.[Cl][Ir]([Cl])[Cl].c1ccc(-c2ccc3ccccc3n2)cc1. The van der Waals surface area contributed by atoms with E-state index in [0.29, 0.717) is 0 Å². The van der Waals surface area contributed by atoms with Gasteiger partial charge in [-0.3, -0.25) is 9.59 Å². The molecule has 0 bridgehead atoms. The molecule has 3 rings (SSSR count). The molecule has 0 aliphatic carbocycles. The summed E-state index contributed by atoms with van der Waals surface area (Å²) in [6.07, 6.45) is 1.20. The van der Waals surface area contributed by atoms with Crippen LogP contribution in [-0.2, 0) is 27.8 Å². The minimum atomic E-state index is -1.92. The van der Waals surface area contributed by atoms with E-state index in [2.05, 4.69) is 42.2 Å². The second-order valence-corrected chi connectivity index (χ2v) is 16.9. The Bertz CT molecular complexity index is 908. The van der Waals surface area contributed by atoms with Gasteiger partial charge in [-0.15, -0.1) is 0 Å². The Hall–Kier alpha value is -1.33. The fourth-order valence-electron chi connectivity index (χ4n) is 2.39. The molecule has 3 aromatic rings. The van der Waals surface area contributed by atoms with E-state index in [0.717, 1.165) is 29.8 Å². The van der Waals surface area contributed by atoms with Gasteiger partial charge >= 0.3 is 42.2 Å². The summed E-state index contributed by atoms with van der Waals surface area (Å²) >= 11 is -1.92. The van der Waals surface area contributed by atoms with Crippen LogP contribution in [0.2, 0.25) is 0 Å². The number of benzene rings is 2. The maximum Gasteiger partial charge on any atom is 0.0709 e. The molecule has 0 N–H and O–H groups in total. The van der Waals surface area contributed by atoms with E-state index in [9.17, 15) is 9.59 Å². The number of aromatic nitrogens is 1. The van der Waals surface area contributed by atoms with Crippen molar-refractivity contribution in [3.8, 4) is 11.3 Å². The molecule has 0 aliphatic rings. The third kappa shape index (κ3) is 16.3. The average Bonchev–Trinajstić information content (AvgIpc) is 2.74. The molecule has 1 heterocycles. The monoisotopic (exact) mass is 677 g/mol. The van der Waals surface area contributed by atoms with E-state index >= 15 is 0 Å². The van der Waals surface area contributed by atoms with Crippen molar-refractivity contribution in [2.24, 2.45) is 0 Å². The van der Waals surface area contributed by atoms with Gasteiger partial charge in [-0.05, 0) is 32.4 Å². The largest absolute Gasteiger partial charge is 0.248 e. The number of para-hydroxylation sites is 1. The third-order valence-corrected chi connectivity index (χ3v) is 3.57. The minimum Gasteiger partial charge on any atom is -0.248 e. The number of rotatable bonds is 5. The molecule has 2 aromatic carbocycles. The fourth-order valence-corrected chi connectivity index (χ4v) is 2.39. The average molecular weight is 678 g/mol. The molecule has 0 unspecified atom stereocenters. The normalized spacial score (nSPS) is 9.78. The van der Waals surface area contributed by atoms with Gasteiger partial charge in [0.15, 0.2) is 0 Å². The quantitative estimate of drug-likeness (QED) is 0.262. The van der Waals surface area contributed by atoms with Gasteiger partial charge in [0.25, 0.3) is 0 Å². The zero-order valence-corrected chi connectivity index (χ0v) is 23.3. The zero-order valence-electron chi connectivity index (χ0n) is 18.6. The Kier molecular flexibility index (Phi) is 18.4. The van der Waals surface area contributed by atoms with Gasteiger partial charge < -0.3 is 4.74 Å². The second-order valence-electron chi connectivity index (χ2n) is 6.47. The molecule has 178 valence electrons. The number of halogens is 3. The van der Waals surface area contributed by atoms with Crippen molar-refractivity contribution in [3.05, 3.63) is 66.7 Å². The van der Waals surface area contributed by atoms with Gasteiger partial charge in [0, 0.05) is 24.7 Å². The van der Waals surface area contributed by atoms with Crippen LogP contribution in [-0.4, -0.2) is 30.3 Å². The molecule has 8 heteroatoms. The summed E-state index contributed by atoms with van der Waals surface area (Å²) in [5, 5.41) is 1.18. The minimum absolute atomic E-state index is 0.0625. The number of methoxy groups -OCH3 is 1. The summed E-state index contributed by atoms with van der Waals surface area (Å²) < 4.78 is 4.69. The molecular formula is C24H29Cl3IrNO3. The summed E-state index contributed by atoms with van der Waals surface area (Å²) in [7, 11) is 16.6. The van der Waals surface area contributed by atoms with Crippen LogP contribution in [0.4, 0.5) is 0 Å². The molecule has 0 fully saturated rings. The first-order valence-electron chi connectivity index (χ1n) is 9.74. The van der Waals surface area contributed by atoms with Gasteiger partial charge in [-0.25, -0.2) is 4.98 Å². The van der Waals surface area contributed by atoms with Gasteiger partial charge in [0.05, 0.1) is 17.6 Å². The number of nitrogens with zero attached hydrogens (tertiary/aromatic N) is 1. The number of Topliss-reactive ketones (excluding diaryl/α,β-unsaturated/α-hetero) is 2. The van der Waals surface area contributed by atoms with Gasteiger partial charge in [0.2, 0.25) is 0 Å². The van der Waals surface area contributed by atoms with Crippen molar-refractivity contribution in [1.29, 1.82) is 0 Å². The summed E-state index contributed by atoms with van der Waals surface area (Å²) in [5.74, 6) is -0.125. The van der Waals surface area contributed by atoms with E-state index in [1.807, 2.05) is 36.4 Å². The number of pyridine rings is 1.